The van der Waals surface area contributed by atoms with Gasteiger partial charge in [0.1, 0.15) is 0 Å². The third kappa shape index (κ3) is 10.2. The Kier molecular flexibility index (Phi) is 9.30. The molecule has 0 bridgehead atoms. The first kappa shape index (κ1) is 17.3. The van der Waals surface area contributed by atoms with E-state index in [-0.39, 0.29) is 5.57 Å². The maximum absolute atomic E-state index is 10.1. The van der Waals surface area contributed by atoms with Crippen LogP contribution in [0.4, 0.5) is 0 Å². The van der Waals surface area contributed by atoms with E-state index in [1.54, 1.807) is 19.9 Å². The molecule has 3 N–H and O–H groups in total. The molecule has 17 heavy (non-hydrogen) atoms. The van der Waals surface area contributed by atoms with Crippen LogP contribution in [-0.2, 0) is 14.4 Å². The van der Waals surface area contributed by atoms with E-state index in [1.165, 1.54) is 13.0 Å². The summed E-state index contributed by atoms with van der Waals surface area (Å²) in [4.78, 5) is 30.0. The van der Waals surface area contributed by atoms with Crippen LogP contribution in [0.1, 0.15) is 27.2 Å². The van der Waals surface area contributed by atoms with E-state index in [4.69, 9.17) is 15.3 Å². The van der Waals surface area contributed by atoms with Gasteiger partial charge in [0.15, 0.2) is 0 Å². The van der Waals surface area contributed by atoms with Gasteiger partial charge in [-0.05, 0) is 20.8 Å². The molecule has 0 rings (SSSR count). The van der Waals surface area contributed by atoms with Gasteiger partial charge in [-0.25, -0.2) is 9.59 Å². The van der Waals surface area contributed by atoms with E-state index in [0.29, 0.717) is 5.57 Å². The predicted octanol–water partition coefficient (Wildman–Crippen LogP) is 1.53. The van der Waals surface area contributed by atoms with Gasteiger partial charge in [0.25, 0.3) is 0 Å². The molecule has 96 valence electrons. The van der Waals surface area contributed by atoms with Crippen LogP contribution in [0.15, 0.2) is 23.3 Å². The monoisotopic (exact) mass is 244 g/mol. The molecular formula is C11H16O6. The van der Waals surface area contributed by atoms with Gasteiger partial charge in [0, 0.05) is 11.1 Å². The first-order valence-electron chi connectivity index (χ1n) is 4.72. The summed E-state index contributed by atoms with van der Waals surface area (Å²) in [5, 5.41) is 24.6. The fourth-order valence-corrected chi connectivity index (χ4v) is 0.588. The molecule has 0 saturated heterocycles. The molecule has 0 aliphatic rings. The Morgan fingerprint density at radius 3 is 1.47 bits per heavy atom. The molecule has 6 heteroatoms. The summed E-state index contributed by atoms with van der Waals surface area (Å²) >= 11 is 0. The van der Waals surface area contributed by atoms with Crippen LogP contribution in [-0.4, -0.2) is 33.2 Å². The fourth-order valence-electron chi connectivity index (χ4n) is 0.588. The molecule has 0 unspecified atom stereocenters. The van der Waals surface area contributed by atoms with Gasteiger partial charge in [-0.15, -0.1) is 0 Å². The maximum atomic E-state index is 10.1. The van der Waals surface area contributed by atoms with Crippen LogP contribution in [0.2, 0.25) is 0 Å². The highest BCUT2D eigenvalue weighted by Crippen LogP contribution is 1.99. The third-order valence-corrected chi connectivity index (χ3v) is 1.74. The zero-order valence-electron chi connectivity index (χ0n) is 9.93. The molecule has 6 nitrogen and oxygen atoms in total. The van der Waals surface area contributed by atoms with Crippen molar-refractivity contribution in [3.63, 3.8) is 0 Å². The normalized spacial score (nSPS) is 11.2. The van der Waals surface area contributed by atoms with E-state index in [0.717, 1.165) is 0 Å². The van der Waals surface area contributed by atoms with Gasteiger partial charge in [0.2, 0.25) is 0 Å². The second kappa shape index (κ2) is 9.14. The smallest absolute Gasteiger partial charge is 0.331 e. The highest BCUT2D eigenvalue weighted by Gasteiger charge is 2.09. The van der Waals surface area contributed by atoms with E-state index in [9.17, 15) is 14.4 Å². The van der Waals surface area contributed by atoms with E-state index < -0.39 is 24.3 Å². The lowest BCUT2D eigenvalue weighted by atomic mass is 10.2. The molecule has 0 aromatic carbocycles. The average molecular weight is 244 g/mol. The Labute approximate surface area is 98.9 Å². The lowest BCUT2D eigenvalue weighted by Gasteiger charge is -1.93. The van der Waals surface area contributed by atoms with Crippen LogP contribution < -0.4 is 0 Å². The lowest BCUT2D eigenvalue weighted by molar-refractivity contribution is -0.139. The van der Waals surface area contributed by atoms with Crippen molar-refractivity contribution in [1.29, 1.82) is 0 Å². The minimum Gasteiger partial charge on any atom is -0.481 e. The summed E-state index contributed by atoms with van der Waals surface area (Å²) in [6, 6.07) is 0. The predicted molar refractivity (Wildman–Crippen MR) is 60.7 cm³/mol. The average Bonchev–Trinajstić information content (AvgIpc) is 2.24. The second-order valence-electron chi connectivity index (χ2n) is 2.97. The summed E-state index contributed by atoms with van der Waals surface area (Å²) in [6.45, 7) is 4.75. The van der Waals surface area contributed by atoms with Gasteiger partial charge in [-0.2, -0.15) is 0 Å². The van der Waals surface area contributed by atoms with Gasteiger partial charge < -0.3 is 15.3 Å². The Morgan fingerprint density at radius 1 is 0.941 bits per heavy atom. The number of hydrogen-bond donors (Lipinski definition) is 3. The third-order valence-electron chi connectivity index (χ3n) is 1.74. The molecule has 0 aliphatic heterocycles. The van der Waals surface area contributed by atoms with Gasteiger partial charge in [-0.1, -0.05) is 12.2 Å². The Morgan fingerprint density at radius 2 is 1.41 bits per heavy atom. The van der Waals surface area contributed by atoms with Crippen molar-refractivity contribution in [3.8, 4) is 0 Å². The number of aliphatic carboxylic acids is 3. The highest BCUT2D eigenvalue weighted by molar-refractivity contribution is 5.91. The first-order chi connectivity index (χ1) is 7.76. The van der Waals surface area contributed by atoms with Crippen molar-refractivity contribution in [2.75, 3.05) is 0 Å². The minimum absolute atomic E-state index is 0.0903. The molecule has 0 amide bonds. The minimum atomic E-state index is -1.18. The Bertz CT molecular complexity index is 351. The van der Waals surface area contributed by atoms with Crippen LogP contribution in [0.5, 0.6) is 0 Å². The lowest BCUT2D eigenvalue weighted by Crippen LogP contribution is -2.05. The van der Waals surface area contributed by atoms with Crippen molar-refractivity contribution in [2.45, 2.75) is 27.2 Å². The molecule has 0 saturated carbocycles. The molecule has 0 heterocycles. The van der Waals surface area contributed by atoms with Crippen LogP contribution in [0, 0.1) is 0 Å². The van der Waals surface area contributed by atoms with E-state index >= 15 is 0 Å². The van der Waals surface area contributed by atoms with Gasteiger partial charge in [0.05, 0.1) is 6.42 Å². The molecule has 0 aromatic rings. The zero-order valence-corrected chi connectivity index (χ0v) is 9.93. The summed E-state index contributed by atoms with van der Waals surface area (Å²) in [7, 11) is 0. The summed E-state index contributed by atoms with van der Waals surface area (Å²) in [5.74, 6) is -3.15. The molecule has 0 atom stereocenters. The molecule has 0 fully saturated rings. The molecule has 0 spiro atoms. The number of allylic oxidation sites excluding steroid dienone is 2. The molecular weight excluding hydrogens is 228 g/mol. The van der Waals surface area contributed by atoms with Crippen molar-refractivity contribution in [1.82, 2.24) is 0 Å². The number of carboxylic acid groups (broad SMARTS) is 3. The first-order valence-corrected chi connectivity index (χ1v) is 4.72. The quantitative estimate of drug-likeness (QED) is 0.646. The van der Waals surface area contributed by atoms with Crippen molar-refractivity contribution >= 4 is 17.9 Å². The van der Waals surface area contributed by atoms with E-state index in [1.807, 2.05) is 0 Å². The number of hydrogen-bond acceptors (Lipinski definition) is 3. The molecule has 0 aromatic heterocycles. The summed E-state index contributed by atoms with van der Waals surface area (Å²) < 4.78 is 0. The van der Waals surface area contributed by atoms with Crippen molar-refractivity contribution in [3.05, 3.63) is 23.3 Å². The maximum Gasteiger partial charge on any atom is 0.331 e. The number of carboxylic acids is 3. The molecule has 0 aliphatic carbocycles. The highest BCUT2D eigenvalue weighted by atomic mass is 16.4. The molecule has 0 radical (unpaired) electrons. The second-order valence-corrected chi connectivity index (χ2v) is 2.97. The van der Waals surface area contributed by atoms with Crippen LogP contribution >= 0.6 is 0 Å². The number of rotatable bonds is 4. The van der Waals surface area contributed by atoms with Crippen LogP contribution in [0.3, 0.4) is 0 Å². The standard InChI is InChI=1S/C6H8O4.C5H8O2/c1-2-4(6(9)10)3-5(7)8;1-3-4(2)5(6)7/h2H,3H2,1H3,(H,7,8)(H,9,10);3H,1-2H3,(H,6,7). The van der Waals surface area contributed by atoms with Crippen LogP contribution in [0.25, 0.3) is 0 Å². The summed E-state index contributed by atoms with van der Waals surface area (Å²) in [6.07, 6.45) is 2.41. The Balaban J connectivity index is 0. The van der Waals surface area contributed by atoms with Crippen molar-refractivity contribution in [2.24, 2.45) is 0 Å². The fraction of sp³-hybridized carbons (Fsp3) is 0.364. The topological polar surface area (TPSA) is 112 Å². The van der Waals surface area contributed by atoms with Gasteiger partial charge in [-0.3, -0.25) is 4.79 Å². The SMILES string of the molecule is CC=C(C)C(=O)O.CC=C(CC(=O)O)C(=O)O. The van der Waals surface area contributed by atoms with Crippen molar-refractivity contribution < 1.29 is 29.7 Å². The Hall–Kier alpha value is -2.11. The largest absolute Gasteiger partial charge is 0.481 e. The summed E-state index contributed by atoms with van der Waals surface area (Å²) in [5.41, 5.74) is 0.299. The number of carbonyl (C=O) groups is 3. The van der Waals surface area contributed by atoms with E-state index in [2.05, 4.69) is 0 Å². The van der Waals surface area contributed by atoms with Gasteiger partial charge >= 0.3 is 17.9 Å². The zero-order chi connectivity index (χ0) is 14.0.